The van der Waals surface area contributed by atoms with E-state index in [1.165, 1.54) is 6.07 Å². The number of aryl methyl sites for hydroxylation is 1. The van der Waals surface area contributed by atoms with Crippen molar-refractivity contribution in [2.75, 3.05) is 5.75 Å². The molecule has 0 saturated heterocycles. The number of fused-ring (bicyclic) bond motifs is 1. The number of hydrogen-bond donors (Lipinski definition) is 0. The summed E-state index contributed by atoms with van der Waals surface area (Å²) < 4.78 is 47.8. The van der Waals surface area contributed by atoms with Gasteiger partial charge in [-0.05, 0) is 38.0 Å². The lowest BCUT2D eigenvalue weighted by atomic mass is 10.1. The first-order valence-electron chi connectivity index (χ1n) is 5.92. The van der Waals surface area contributed by atoms with Crippen LogP contribution in [0.4, 0.5) is 0 Å². The maximum atomic E-state index is 12.0. The summed E-state index contributed by atoms with van der Waals surface area (Å²) in [4.78, 5) is 0.201. The second kappa shape index (κ2) is 4.45. The quantitative estimate of drug-likeness (QED) is 0.855. The van der Waals surface area contributed by atoms with Gasteiger partial charge >= 0.3 is 0 Å². The van der Waals surface area contributed by atoms with E-state index in [4.69, 9.17) is 0 Å². The van der Waals surface area contributed by atoms with E-state index in [-0.39, 0.29) is 10.6 Å². The lowest BCUT2D eigenvalue weighted by molar-refractivity contribution is 0.590. The molecule has 0 N–H and O–H groups in total. The lowest BCUT2D eigenvalue weighted by Crippen LogP contribution is -2.18. The Morgan fingerprint density at radius 1 is 1.21 bits per heavy atom. The third kappa shape index (κ3) is 2.60. The molecule has 0 fully saturated rings. The summed E-state index contributed by atoms with van der Waals surface area (Å²) in [5, 5.41) is 0.557. The predicted octanol–water partition coefficient (Wildman–Crippen LogP) is 1.95. The molecule has 0 bridgehead atoms. The van der Waals surface area contributed by atoms with Crippen LogP contribution in [0.1, 0.15) is 25.0 Å². The molecule has 6 heteroatoms. The maximum Gasteiger partial charge on any atom is 0.200 e. The van der Waals surface area contributed by atoms with Crippen molar-refractivity contribution in [2.45, 2.75) is 30.9 Å². The van der Waals surface area contributed by atoms with Gasteiger partial charge < -0.3 is 0 Å². The van der Waals surface area contributed by atoms with Gasteiger partial charge in [0.15, 0.2) is 9.84 Å². The number of benzene rings is 1. The van der Waals surface area contributed by atoms with Gasteiger partial charge in [-0.1, -0.05) is 17.7 Å². The Hall–Kier alpha value is -1.14. The zero-order chi connectivity index (χ0) is 14.4. The van der Waals surface area contributed by atoms with Gasteiger partial charge in [0.2, 0.25) is 9.84 Å². The van der Waals surface area contributed by atoms with Crippen molar-refractivity contribution in [3.63, 3.8) is 0 Å². The topological polar surface area (TPSA) is 68.3 Å². The van der Waals surface area contributed by atoms with Crippen molar-refractivity contribution in [1.82, 2.24) is 0 Å². The normalized spacial score (nSPS) is 17.4. The molecule has 1 aliphatic rings. The van der Waals surface area contributed by atoms with Crippen LogP contribution in [-0.4, -0.2) is 27.8 Å². The number of sulfone groups is 2. The van der Waals surface area contributed by atoms with E-state index in [0.717, 1.165) is 11.0 Å². The highest BCUT2D eigenvalue weighted by molar-refractivity contribution is 7.95. The van der Waals surface area contributed by atoms with Gasteiger partial charge in [0.1, 0.15) is 0 Å². The molecule has 1 aromatic rings. The molecule has 0 saturated carbocycles. The molecule has 0 amide bonds. The van der Waals surface area contributed by atoms with Crippen molar-refractivity contribution in [2.24, 2.45) is 0 Å². The Balaban J connectivity index is 2.55. The first-order valence-corrected chi connectivity index (χ1v) is 9.18. The lowest BCUT2D eigenvalue weighted by Gasteiger charge is -2.09. The minimum absolute atomic E-state index is 0.201. The van der Waals surface area contributed by atoms with E-state index in [0.29, 0.717) is 11.1 Å². The molecule has 0 aliphatic carbocycles. The summed E-state index contributed by atoms with van der Waals surface area (Å²) in [5.74, 6) is -0.236. The summed E-state index contributed by atoms with van der Waals surface area (Å²) in [6.45, 7) is 5.03. The first-order chi connectivity index (χ1) is 8.63. The largest absolute Gasteiger partial charge is 0.228 e. The van der Waals surface area contributed by atoms with Crippen molar-refractivity contribution < 1.29 is 16.8 Å². The standard InChI is InChI=1S/C13H16O4S2/c1-9(2)18(14,15)7-11-8-19(16,17)13-5-4-10(3)6-12(11)13/h4-6,8-9H,7H2,1-3H3. The third-order valence-corrected chi connectivity index (χ3v) is 6.87. The summed E-state index contributed by atoms with van der Waals surface area (Å²) in [6, 6.07) is 4.97. The smallest absolute Gasteiger partial charge is 0.200 e. The molecule has 0 radical (unpaired) electrons. The van der Waals surface area contributed by atoms with Crippen molar-refractivity contribution in [3.8, 4) is 0 Å². The fourth-order valence-corrected chi connectivity index (χ4v) is 4.53. The molecule has 4 nitrogen and oxygen atoms in total. The van der Waals surface area contributed by atoms with E-state index >= 15 is 0 Å². The SMILES string of the molecule is Cc1ccc2c(c1)C(CS(=O)(=O)C(C)C)=CS2(=O)=O. The van der Waals surface area contributed by atoms with Gasteiger partial charge in [-0.25, -0.2) is 16.8 Å². The summed E-state index contributed by atoms with van der Waals surface area (Å²) in [5.41, 5.74) is 1.79. The van der Waals surface area contributed by atoms with Gasteiger partial charge in [-0.15, -0.1) is 0 Å². The monoisotopic (exact) mass is 300 g/mol. The zero-order valence-electron chi connectivity index (χ0n) is 11.0. The molecule has 0 unspecified atom stereocenters. The van der Waals surface area contributed by atoms with Gasteiger partial charge in [-0.3, -0.25) is 0 Å². The average molecular weight is 300 g/mol. The van der Waals surface area contributed by atoms with Gasteiger partial charge in [0.25, 0.3) is 0 Å². The minimum Gasteiger partial charge on any atom is -0.228 e. The van der Waals surface area contributed by atoms with Gasteiger partial charge in [0, 0.05) is 5.41 Å². The number of rotatable bonds is 3. The highest BCUT2D eigenvalue weighted by Gasteiger charge is 2.30. The second-order valence-electron chi connectivity index (χ2n) is 5.04. The molecular formula is C13H16O4S2. The van der Waals surface area contributed by atoms with Crippen LogP contribution in [0.15, 0.2) is 28.5 Å². The van der Waals surface area contributed by atoms with Gasteiger partial charge in [-0.2, -0.15) is 0 Å². The van der Waals surface area contributed by atoms with Crippen LogP contribution in [0.25, 0.3) is 5.57 Å². The van der Waals surface area contributed by atoms with E-state index in [9.17, 15) is 16.8 Å². The molecule has 0 atom stereocenters. The van der Waals surface area contributed by atoms with Crippen LogP contribution in [0.3, 0.4) is 0 Å². The Morgan fingerprint density at radius 2 is 1.84 bits per heavy atom. The molecule has 1 aliphatic heterocycles. The highest BCUT2D eigenvalue weighted by Crippen LogP contribution is 2.35. The second-order valence-corrected chi connectivity index (χ2v) is 9.37. The maximum absolute atomic E-state index is 12.0. The van der Waals surface area contributed by atoms with E-state index in [1.807, 2.05) is 6.92 Å². The van der Waals surface area contributed by atoms with Crippen LogP contribution in [-0.2, 0) is 19.7 Å². The summed E-state index contributed by atoms with van der Waals surface area (Å²) in [6.07, 6.45) is 0. The first kappa shape index (κ1) is 14.3. The zero-order valence-corrected chi connectivity index (χ0v) is 12.7. The van der Waals surface area contributed by atoms with Crippen LogP contribution in [0, 0.1) is 6.92 Å². The Bertz CT molecular complexity index is 754. The van der Waals surface area contributed by atoms with Gasteiger partial charge in [0.05, 0.1) is 15.9 Å². The summed E-state index contributed by atoms with van der Waals surface area (Å²) in [7, 11) is -6.82. The molecule has 104 valence electrons. The third-order valence-electron chi connectivity index (χ3n) is 3.16. The molecule has 1 aromatic carbocycles. The van der Waals surface area contributed by atoms with Crippen LogP contribution < -0.4 is 0 Å². The van der Waals surface area contributed by atoms with E-state index < -0.39 is 24.9 Å². The molecule has 1 heterocycles. The molecule has 0 aromatic heterocycles. The van der Waals surface area contributed by atoms with Crippen LogP contribution in [0.2, 0.25) is 0 Å². The molecular weight excluding hydrogens is 284 g/mol. The van der Waals surface area contributed by atoms with E-state index in [2.05, 4.69) is 0 Å². The fourth-order valence-electron chi connectivity index (χ4n) is 1.95. The van der Waals surface area contributed by atoms with Crippen molar-refractivity contribution in [3.05, 3.63) is 34.7 Å². The van der Waals surface area contributed by atoms with Crippen molar-refractivity contribution in [1.29, 1.82) is 0 Å². The highest BCUT2D eigenvalue weighted by atomic mass is 32.2. The summed E-state index contributed by atoms with van der Waals surface area (Å²) >= 11 is 0. The van der Waals surface area contributed by atoms with E-state index in [1.54, 1.807) is 26.0 Å². The fraction of sp³-hybridized carbons (Fsp3) is 0.385. The predicted molar refractivity (Wildman–Crippen MR) is 75.3 cm³/mol. The van der Waals surface area contributed by atoms with Crippen molar-refractivity contribution >= 4 is 25.2 Å². The molecule has 19 heavy (non-hydrogen) atoms. The Labute approximate surface area is 114 Å². The Morgan fingerprint density at radius 3 is 2.42 bits per heavy atom. The number of hydrogen-bond acceptors (Lipinski definition) is 4. The minimum atomic E-state index is -3.50. The molecule has 0 spiro atoms. The average Bonchev–Trinajstić information content (AvgIpc) is 2.49. The van der Waals surface area contributed by atoms with Crippen LogP contribution >= 0.6 is 0 Å². The molecule has 2 rings (SSSR count). The Kier molecular flexibility index (Phi) is 3.35. The van der Waals surface area contributed by atoms with Crippen LogP contribution in [0.5, 0.6) is 0 Å².